The summed E-state index contributed by atoms with van der Waals surface area (Å²) in [6, 6.07) is 21.2. The molecular formula is C25H22N2O. The van der Waals surface area contributed by atoms with E-state index in [2.05, 4.69) is 104 Å². The van der Waals surface area contributed by atoms with Gasteiger partial charge in [0.2, 0.25) is 11.8 Å². The Kier molecular flexibility index (Phi) is 3.73. The Morgan fingerprint density at radius 3 is 2.36 bits per heavy atom. The molecule has 1 aliphatic rings. The molecule has 0 bridgehead atoms. The second-order valence-electron chi connectivity index (χ2n) is 8.40. The van der Waals surface area contributed by atoms with Crippen molar-refractivity contribution in [2.24, 2.45) is 0 Å². The monoisotopic (exact) mass is 366 g/mol. The lowest BCUT2D eigenvalue weighted by molar-refractivity contribution is 0.503. The van der Waals surface area contributed by atoms with Crippen LogP contribution in [0.2, 0.25) is 0 Å². The minimum atomic E-state index is -0.0197. The molecule has 28 heavy (non-hydrogen) atoms. The first-order valence-corrected chi connectivity index (χ1v) is 9.65. The highest BCUT2D eigenvalue weighted by Gasteiger charge is 2.24. The number of hydrogen-bond acceptors (Lipinski definition) is 3. The van der Waals surface area contributed by atoms with Crippen molar-refractivity contribution in [3.8, 4) is 11.5 Å². The van der Waals surface area contributed by atoms with E-state index in [1.165, 1.54) is 27.5 Å². The van der Waals surface area contributed by atoms with Gasteiger partial charge in [0, 0.05) is 5.56 Å². The maximum atomic E-state index is 6.11. The lowest BCUT2D eigenvalue weighted by Crippen LogP contribution is -2.10. The van der Waals surface area contributed by atoms with Crippen LogP contribution in [0.3, 0.4) is 0 Å². The molecule has 0 saturated carbocycles. The Labute approximate surface area is 164 Å². The third-order valence-corrected chi connectivity index (χ3v) is 5.48. The first kappa shape index (κ1) is 16.9. The summed E-state index contributed by atoms with van der Waals surface area (Å²) in [6.07, 6.45) is 4.30. The molecule has 1 aliphatic carbocycles. The Hall–Kier alpha value is -3.20. The van der Waals surface area contributed by atoms with E-state index in [1.807, 2.05) is 0 Å². The minimum Gasteiger partial charge on any atom is -0.420 e. The van der Waals surface area contributed by atoms with Gasteiger partial charge in [-0.3, -0.25) is 0 Å². The Balaban J connectivity index is 1.52. The Morgan fingerprint density at radius 1 is 0.857 bits per heavy atom. The van der Waals surface area contributed by atoms with Gasteiger partial charge < -0.3 is 4.42 Å². The van der Waals surface area contributed by atoms with Crippen molar-refractivity contribution >= 4 is 16.8 Å². The van der Waals surface area contributed by atoms with Crippen LogP contribution >= 0.6 is 0 Å². The van der Waals surface area contributed by atoms with Gasteiger partial charge in [0.1, 0.15) is 0 Å². The molecule has 1 heterocycles. The van der Waals surface area contributed by atoms with Crippen molar-refractivity contribution in [1.29, 1.82) is 0 Å². The molecule has 5 rings (SSSR count). The molecule has 0 amide bonds. The summed E-state index contributed by atoms with van der Waals surface area (Å²) < 4.78 is 6.11. The third kappa shape index (κ3) is 2.75. The topological polar surface area (TPSA) is 38.9 Å². The lowest BCUT2D eigenvalue weighted by Gasteiger charge is -2.19. The standard InChI is InChI=1S/C25H22N2O/c1-25(2,3)19-13-10-18(11-14-19)23-26-27-24(28-23)21-15-12-17-7-4-6-16-8-5-9-20(21)22(16)17/h4-15,21H,1-3H3. The van der Waals surface area contributed by atoms with Gasteiger partial charge in [-0.25, -0.2) is 0 Å². The lowest BCUT2D eigenvalue weighted by atomic mass is 9.86. The number of aromatic nitrogens is 2. The maximum absolute atomic E-state index is 6.11. The molecule has 4 aromatic rings. The van der Waals surface area contributed by atoms with Gasteiger partial charge in [0.15, 0.2) is 0 Å². The average molecular weight is 366 g/mol. The van der Waals surface area contributed by atoms with Crippen LogP contribution in [0.1, 0.15) is 49.3 Å². The van der Waals surface area contributed by atoms with Gasteiger partial charge in [-0.1, -0.05) is 81.5 Å². The number of hydrogen-bond donors (Lipinski definition) is 0. The van der Waals surface area contributed by atoms with Gasteiger partial charge in [-0.05, 0) is 45.0 Å². The van der Waals surface area contributed by atoms with Crippen molar-refractivity contribution in [3.05, 3.63) is 89.3 Å². The fourth-order valence-electron chi connectivity index (χ4n) is 3.91. The number of rotatable bonds is 2. The van der Waals surface area contributed by atoms with Crippen molar-refractivity contribution in [3.63, 3.8) is 0 Å². The van der Waals surface area contributed by atoms with Crippen molar-refractivity contribution in [1.82, 2.24) is 10.2 Å². The average Bonchev–Trinajstić information content (AvgIpc) is 3.18. The van der Waals surface area contributed by atoms with Crippen molar-refractivity contribution in [2.75, 3.05) is 0 Å². The number of benzene rings is 3. The molecule has 0 N–H and O–H groups in total. The maximum Gasteiger partial charge on any atom is 0.247 e. The summed E-state index contributed by atoms with van der Waals surface area (Å²) in [4.78, 5) is 0. The van der Waals surface area contributed by atoms with E-state index in [-0.39, 0.29) is 11.3 Å². The van der Waals surface area contributed by atoms with Gasteiger partial charge in [0.25, 0.3) is 0 Å². The number of allylic oxidation sites excluding steroid dienone is 1. The van der Waals surface area contributed by atoms with Gasteiger partial charge >= 0.3 is 0 Å². The van der Waals surface area contributed by atoms with Crippen molar-refractivity contribution < 1.29 is 4.42 Å². The summed E-state index contributed by atoms with van der Waals surface area (Å²) >= 11 is 0. The fraction of sp³-hybridized carbons (Fsp3) is 0.200. The molecule has 3 heteroatoms. The highest BCUT2D eigenvalue weighted by molar-refractivity contribution is 5.96. The zero-order valence-corrected chi connectivity index (χ0v) is 16.3. The van der Waals surface area contributed by atoms with Crippen LogP contribution in [0.4, 0.5) is 0 Å². The van der Waals surface area contributed by atoms with E-state index in [0.717, 1.165) is 5.56 Å². The van der Waals surface area contributed by atoms with E-state index in [0.29, 0.717) is 11.8 Å². The van der Waals surface area contributed by atoms with Crippen LogP contribution in [0, 0.1) is 0 Å². The van der Waals surface area contributed by atoms with E-state index < -0.39 is 0 Å². The zero-order valence-electron chi connectivity index (χ0n) is 16.3. The van der Waals surface area contributed by atoms with E-state index in [4.69, 9.17) is 4.42 Å². The molecule has 3 nitrogen and oxygen atoms in total. The van der Waals surface area contributed by atoms with E-state index in [1.54, 1.807) is 0 Å². The molecule has 0 radical (unpaired) electrons. The molecule has 1 aromatic heterocycles. The van der Waals surface area contributed by atoms with Crippen molar-refractivity contribution in [2.45, 2.75) is 32.1 Å². The van der Waals surface area contributed by atoms with Crippen LogP contribution < -0.4 is 0 Å². The number of nitrogens with zero attached hydrogens (tertiary/aromatic N) is 2. The minimum absolute atomic E-state index is 0.0197. The summed E-state index contributed by atoms with van der Waals surface area (Å²) in [5, 5.41) is 11.2. The summed E-state index contributed by atoms with van der Waals surface area (Å²) in [7, 11) is 0. The largest absolute Gasteiger partial charge is 0.420 e. The highest BCUT2D eigenvalue weighted by atomic mass is 16.4. The second-order valence-corrected chi connectivity index (χ2v) is 8.40. The molecule has 1 atom stereocenters. The predicted molar refractivity (Wildman–Crippen MR) is 113 cm³/mol. The zero-order chi connectivity index (χ0) is 19.3. The molecular weight excluding hydrogens is 344 g/mol. The first-order chi connectivity index (χ1) is 13.5. The van der Waals surface area contributed by atoms with Crippen LogP contribution in [0.5, 0.6) is 0 Å². The summed E-state index contributed by atoms with van der Waals surface area (Å²) in [5.74, 6) is 1.18. The first-order valence-electron chi connectivity index (χ1n) is 9.65. The van der Waals surface area contributed by atoms with Gasteiger partial charge in [-0.15, -0.1) is 10.2 Å². The highest BCUT2D eigenvalue weighted by Crippen LogP contribution is 2.38. The molecule has 138 valence electrons. The van der Waals surface area contributed by atoms with E-state index in [9.17, 15) is 0 Å². The smallest absolute Gasteiger partial charge is 0.247 e. The van der Waals surface area contributed by atoms with Gasteiger partial charge in [0.05, 0.1) is 5.92 Å². The normalized spacial score (nSPS) is 15.9. The SMILES string of the molecule is CC(C)(C)c1ccc(-c2nnc(C3C=Cc4cccc5cccc3c45)o2)cc1. The van der Waals surface area contributed by atoms with E-state index >= 15 is 0 Å². The molecule has 0 saturated heterocycles. The van der Waals surface area contributed by atoms with Crippen LogP contribution in [-0.4, -0.2) is 10.2 Å². The fourth-order valence-corrected chi connectivity index (χ4v) is 3.91. The van der Waals surface area contributed by atoms with Gasteiger partial charge in [-0.2, -0.15) is 0 Å². The molecule has 0 aliphatic heterocycles. The predicted octanol–water partition coefficient (Wildman–Crippen LogP) is 6.35. The molecule has 1 unspecified atom stereocenters. The van der Waals surface area contributed by atoms with Crippen LogP contribution in [-0.2, 0) is 5.41 Å². The Morgan fingerprint density at radius 2 is 1.61 bits per heavy atom. The summed E-state index contributed by atoms with van der Waals surface area (Å²) in [5.41, 5.74) is 4.81. The molecule has 0 fully saturated rings. The second kappa shape index (κ2) is 6.16. The van der Waals surface area contributed by atoms with Crippen LogP contribution in [0.15, 0.2) is 71.2 Å². The summed E-state index contributed by atoms with van der Waals surface area (Å²) in [6.45, 7) is 6.63. The third-order valence-electron chi connectivity index (χ3n) is 5.48. The Bertz CT molecular complexity index is 1190. The molecule has 3 aromatic carbocycles. The molecule has 0 spiro atoms. The van der Waals surface area contributed by atoms with Crippen LogP contribution in [0.25, 0.3) is 28.3 Å². The quantitative estimate of drug-likeness (QED) is 0.415.